The second-order valence-electron chi connectivity index (χ2n) is 7.68. The fourth-order valence-corrected chi connectivity index (χ4v) is 3.99. The minimum atomic E-state index is 0.318. The number of hydrogen-bond acceptors (Lipinski definition) is 1. The zero-order valence-electron chi connectivity index (χ0n) is 17.0. The third-order valence-electron chi connectivity index (χ3n) is 5.52. The molecule has 1 heteroatoms. The summed E-state index contributed by atoms with van der Waals surface area (Å²) in [5.41, 5.74) is 0.318. The molecule has 0 aliphatic carbocycles. The molecule has 0 saturated carbocycles. The highest BCUT2D eigenvalue weighted by molar-refractivity contribution is 5.02. The average Bonchev–Trinajstić information content (AvgIpc) is 2.55. The zero-order chi connectivity index (χ0) is 17.6. The molecular weight excluding hydrogens is 278 g/mol. The molecule has 1 unspecified atom stereocenters. The van der Waals surface area contributed by atoms with Crippen molar-refractivity contribution in [2.45, 2.75) is 110 Å². The summed E-state index contributed by atoms with van der Waals surface area (Å²) >= 11 is 0. The van der Waals surface area contributed by atoms with Gasteiger partial charge >= 0.3 is 0 Å². The molecule has 0 aliphatic rings. The Labute approximate surface area is 147 Å². The quantitative estimate of drug-likeness (QED) is 0.214. The molecule has 1 nitrogen and oxygen atoms in total. The molecule has 0 N–H and O–H groups in total. The molecule has 0 rings (SSSR count). The predicted octanol–water partition coefficient (Wildman–Crippen LogP) is 7.22. The molecule has 1 atom stereocenters. The summed E-state index contributed by atoms with van der Waals surface area (Å²) in [5.74, 6) is 0. The molecule has 0 spiro atoms. The van der Waals surface area contributed by atoms with Crippen LogP contribution < -0.4 is 0 Å². The van der Waals surface area contributed by atoms with E-state index in [4.69, 9.17) is 0 Å². The van der Waals surface area contributed by atoms with Crippen molar-refractivity contribution < 1.29 is 0 Å². The molecule has 0 amide bonds. The maximum Gasteiger partial charge on any atom is 0.0180 e. The topological polar surface area (TPSA) is 3.24 Å². The lowest BCUT2D eigenvalue weighted by atomic mass is 9.70. The van der Waals surface area contributed by atoms with E-state index >= 15 is 0 Å². The molecule has 0 bridgehead atoms. The van der Waals surface area contributed by atoms with Crippen LogP contribution in [0.5, 0.6) is 0 Å². The molecule has 0 saturated heterocycles. The highest BCUT2D eigenvalue weighted by Crippen LogP contribution is 2.40. The molecule has 0 radical (unpaired) electrons. The third kappa shape index (κ3) is 8.94. The van der Waals surface area contributed by atoms with Gasteiger partial charge in [-0.2, -0.15) is 0 Å². The second-order valence-corrected chi connectivity index (χ2v) is 7.68. The van der Waals surface area contributed by atoms with Gasteiger partial charge in [0.15, 0.2) is 0 Å². The van der Waals surface area contributed by atoms with Crippen molar-refractivity contribution in [3.05, 3.63) is 12.7 Å². The minimum absolute atomic E-state index is 0.318. The maximum atomic E-state index is 4.28. The Hall–Kier alpha value is -0.300. The van der Waals surface area contributed by atoms with Crippen molar-refractivity contribution in [3.63, 3.8) is 0 Å². The van der Waals surface area contributed by atoms with Gasteiger partial charge < -0.3 is 4.90 Å². The monoisotopic (exact) mass is 323 g/mol. The lowest BCUT2D eigenvalue weighted by Gasteiger charge is -2.43. The van der Waals surface area contributed by atoms with E-state index in [0.717, 1.165) is 0 Å². The molecule has 23 heavy (non-hydrogen) atoms. The Bertz CT molecular complexity index is 261. The first-order valence-electron chi connectivity index (χ1n) is 10.4. The summed E-state index contributed by atoms with van der Waals surface area (Å²) < 4.78 is 0. The number of nitrogens with zero attached hydrogens (tertiary/aromatic N) is 1. The highest BCUT2D eigenvalue weighted by Gasteiger charge is 2.35. The smallest absolute Gasteiger partial charge is 0.0180 e. The normalized spacial score (nSPS) is 13.5. The van der Waals surface area contributed by atoms with Gasteiger partial charge in [-0.1, -0.05) is 91.1 Å². The molecule has 0 aromatic carbocycles. The summed E-state index contributed by atoms with van der Waals surface area (Å²) in [6, 6.07) is 0.657. The Morgan fingerprint density at radius 1 is 0.783 bits per heavy atom. The first-order chi connectivity index (χ1) is 11.1. The van der Waals surface area contributed by atoms with Gasteiger partial charge in [-0.25, -0.2) is 0 Å². The van der Waals surface area contributed by atoms with Gasteiger partial charge in [-0.05, 0) is 33.4 Å². The van der Waals surface area contributed by atoms with Gasteiger partial charge in [0.1, 0.15) is 0 Å². The first kappa shape index (κ1) is 22.7. The van der Waals surface area contributed by atoms with Crippen LogP contribution in [0, 0.1) is 5.41 Å². The van der Waals surface area contributed by atoms with Crippen LogP contribution in [0.2, 0.25) is 0 Å². The van der Waals surface area contributed by atoms with Crippen LogP contribution in [0.3, 0.4) is 0 Å². The predicted molar refractivity (Wildman–Crippen MR) is 107 cm³/mol. The van der Waals surface area contributed by atoms with Gasteiger partial charge in [0.2, 0.25) is 0 Å². The second kappa shape index (κ2) is 14.1. The Kier molecular flexibility index (Phi) is 13.9. The summed E-state index contributed by atoms with van der Waals surface area (Å²) in [5, 5.41) is 0. The lowest BCUT2D eigenvalue weighted by Crippen LogP contribution is -2.43. The van der Waals surface area contributed by atoms with Crippen molar-refractivity contribution in [1.29, 1.82) is 0 Å². The van der Waals surface area contributed by atoms with E-state index in [1.54, 1.807) is 0 Å². The largest absolute Gasteiger partial charge is 0.306 e. The standard InChI is InChI=1S/C22H45N/c1-7-11-14-15-16-17-18-21(23(5)6)22(10-4,19-12-8-2)20-13-9-3/h10,21H,4,7-9,11-20H2,1-3,5-6H3. The van der Waals surface area contributed by atoms with Gasteiger partial charge in [0.25, 0.3) is 0 Å². The molecule has 0 aromatic heterocycles. The highest BCUT2D eigenvalue weighted by atomic mass is 15.1. The van der Waals surface area contributed by atoms with Gasteiger partial charge in [-0.15, -0.1) is 6.58 Å². The Morgan fingerprint density at radius 3 is 1.70 bits per heavy atom. The fraction of sp³-hybridized carbons (Fsp3) is 0.909. The maximum absolute atomic E-state index is 4.28. The van der Waals surface area contributed by atoms with E-state index in [1.807, 2.05) is 0 Å². The van der Waals surface area contributed by atoms with Crippen molar-refractivity contribution in [2.24, 2.45) is 5.41 Å². The van der Waals surface area contributed by atoms with Gasteiger partial charge in [-0.3, -0.25) is 0 Å². The molecule has 0 aromatic rings. The SMILES string of the molecule is C=CC(CCCC)(CCCC)C(CCCCCCCC)N(C)C. The van der Waals surface area contributed by atoms with Crippen molar-refractivity contribution in [2.75, 3.05) is 14.1 Å². The van der Waals surface area contributed by atoms with Crippen molar-refractivity contribution in [3.8, 4) is 0 Å². The molecule has 0 aliphatic heterocycles. The summed E-state index contributed by atoms with van der Waals surface area (Å²) in [6.45, 7) is 11.2. The van der Waals surface area contributed by atoms with E-state index in [1.165, 1.54) is 83.5 Å². The fourth-order valence-electron chi connectivity index (χ4n) is 3.99. The molecule has 0 heterocycles. The lowest BCUT2D eigenvalue weighted by molar-refractivity contribution is 0.110. The average molecular weight is 324 g/mol. The molecule has 0 fully saturated rings. The van der Waals surface area contributed by atoms with Crippen molar-refractivity contribution in [1.82, 2.24) is 4.90 Å². The third-order valence-corrected chi connectivity index (χ3v) is 5.52. The van der Waals surface area contributed by atoms with E-state index in [9.17, 15) is 0 Å². The first-order valence-corrected chi connectivity index (χ1v) is 10.4. The van der Waals surface area contributed by atoms with Gasteiger partial charge in [0, 0.05) is 11.5 Å². The zero-order valence-corrected chi connectivity index (χ0v) is 17.0. The van der Waals surface area contributed by atoms with E-state index in [2.05, 4.69) is 52.4 Å². The number of unbranched alkanes of at least 4 members (excludes halogenated alkanes) is 7. The van der Waals surface area contributed by atoms with Crippen LogP contribution in [-0.2, 0) is 0 Å². The number of rotatable bonds is 16. The summed E-state index contributed by atoms with van der Waals surface area (Å²) in [4.78, 5) is 2.49. The van der Waals surface area contributed by atoms with E-state index < -0.39 is 0 Å². The van der Waals surface area contributed by atoms with E-state index in [-0.39, 0.29) is 0 Å². The minimum Gasteiger partial charge on any atom is -0.306 e. The van der Waals surface area contributed by atoms with Crippen LogP contribution in [0.15, 0.2) is 12.7 Å². The van der Waals surface area contributed by atoms with Crippen LogP contribution >= 0.6 is 0 Å². The van der Waals surface area contributed by atoms with Gasteiger partial charge in [0.05, 0.1) is 0 Å². The Balaban J connectivity index is 4.73. The molecule has 138 valence electrons. The van der Waals surface area contributed by atoms with Crippen molar-refractivity contribution >= 4 is 0 Å². The summed E-state index contributed by atoms with van der Waals surface area (Å²) in [6.07, 6.45) is 19.9. The van der Waals surface area contributed by atoms with Crippen LogP contribution in [0.25, 0.3) is 0 Å². The van der Waals surface area contributed by atoms with Crippen LogP contribution in [-0.4, -0.2) is 25.0 Å². The molecular formula is C22H45N. The Morgan fingerprint density at radius 2 is 1.26 bits per heavy atom. The van der Waals surface area contributed by atoms with Crippen LogP contribution in [0.1, 0.15) is 104 Å². The summed E-state index contributed by atoms with van der Waals surface area (Å²) in [7, 11) is 4.55. The van der Waals surface area contributed by atoms with Crippen LogP contribution in [0.4, 0.5) is 0 Å². The number of hydrogen-bond donors (Lipinski definition) is 0. The van der Waals surface area contributed by atoms with E-state index in [0.29, 0.717) is 11.5 Å².